The minimum atomic E-state index is 0.285. The molecule has 0 amide bonds. The van der Waals surface area contributed by atoms with Gasteiger partial charge in [-0.1, -0.05) is 16.8 Å². The largest absolute Gasteiger partial charge is 0.480 e. The van der Waals surface area contributed by atoms with E-state index in [-0.39, 0.29) is 5.89 Å². The maximum Gasteiger partial charge on any atom is 0.259 e. The van der Waals surface area contributed by atoms with Crippen LogP contribution in [0.4, 0.5) is 5.69 Å². The predicted molar refractivity (Wildman–Crippen MR) is 76.7 cm³/mol. The lowest BCUT2D eigenvalue weighted by atomic mass is 10.2. The van der Waals surface area contributed by atoms with Crippen LogP contribution in [0.5, 0.6) is 5.88 Å². The molecule has 0 radical (unpaired) electrons. The number of ether oxygens (including phenoxy) is 1. The molecule has 3 aromatic rings. The summed E-state index contributed by atoms with van der Waals surface area (Å²) in [5, 5.41) is 12.1. The molecule has 8 heteroatoms. The van der Waals surface area contributed by atoms with Gasteiger partial charge >= 0.3 is 0 Å². The summed E-state index contributed by atoms with van der Waals surface area (Å²) in [6, 6.07) is 8.39. The SMILES string of the molecule is COc1ccc(-c2noc(-c3ccc(N)cc3Cl)n2)nn1. The van der Waals surface area contributed by atoms with E-state index in [0.717, 1.165) is 0 Å². The van der Waals surface area contributed by atoms with Gasteiger partial charge in [-0.05, 0) is 24.3 Å². The molecule has 0 saturated heterocycles. The summed E-state index contributed by atoms with van der Waals surface area (Å²) in [6.45, 7) is 0. The van der Waals surface area contributed by atoms with Gasteiger partial charge in [0, 0.05) is 11.8 Å². The summed E-state index contributed by atoms with van der Waals surface area (Å²) in [5.74, 6) is 1.00. The fourth-order valence-electron chi connectivity index (χ4n) is 1.69. The summed E-state index contributed by atoms with van der Waals surface area (Å²) in [4.78, 5) is 4.25. The van der Waals surface area contributed by atoms with Gasteiger partial charge < -0.3 is 15.0 Å². The number of aromatic nitrogens is 4. The molecule has 1 aromatic carbocycles. The summed E-state index contributed by atoms with van der Waals surface area (Å²) in [5.41, 5.74) is 7.28. The fraction of sp³-hybridized carbons (Fsp3) is 0.0769. The zero-order valence-corrected chi connectivity index (χ0v) is 11.7. The zero-order valence-electron chi connectivity index (χ0n) is 10.9. The molecule has 2 aromatic heterocycles. The molecule has 0 bridgehead atoms. The molecule has 0 aliphatic rings. The molecule has 21 heavy (non-hydrogen) atoms. The van der Waals surface area contributed by atoms with Crippen molar-refractivity contribution in [3.8, 4) is 28.9 Å². The Hall–Kier alpha value is -2.67. The normalized spacial score (nSPS) is 10.6. The van der Waals surface area contributed by atoms with E-state index in [9.17, 15) is 0 Å². The Labute approximate surface area is 124 Å². The van der Waals surface area contributed by atoms with Crippen molar-refractivity contribution in [1.29, 1.82) is 0 Å². The van der Waals surface area contributed by atoms with Gasteiger partial charge in [0.25, 0.3) is 5.89 Å². The summed E-state index contributed by atoms with van der Waals surface area (Å²) < 4.78 is 10.1. The maximum absolute atomic E-state index is 6.11. The molecule has 2 heterocycles. The molecular formula is C13H10ClN5O2. The minimum absolute atomic E-state index is 0.285. The van der Waals surface area contributed by atoms with Crippen LogP contribution in [0.3, 0.4) is 0 Å². The molecule has 0 spiro atoms. The van der Waals surface area contributed by atoms with E-state index in [0.29, 0.717) is 33.7 Å². The molecule has 106 valence electrons. The van der Waals surface area contributed by atoms with Gasteiger partial charge in [-0.3, -0.25) is 0 Å². The number of nitrogens with two attached hydrogens (primary N) is 1. The van der Waals surface area contributed by atoms with Crippen molar-refractivity contribution in [1.82, 2.24) is 20.3 Å². The van der Waals surface area contributed by atoms with E-state index in [1.807, 2.05) is 0 Å². The first-order valence-corrected chi connectivity index (χ1v) is 6.32. The third-order valence-corrected chi connectivity index (χ3v) is 3.04. The van der Waals surface area contributed by atoms with E-state index in [1.165, 1.54) is 7.11 Å². The standard InChI is InChI=1S/C13H10ClN5O2/c1-20-11-5-4-10(17-18-11)12-16-13(21-19-12)8-3-2-7(15)6-9(8)14/h2-6H,15H2,1H3. The number of nitrogen functional groups attached to an aromatic ring is 1. The quantitative estimate of drug-likeness (QED) is 0.742. The van der Waals surface area contributed by atoms with Crippen LogP contribution in [-0.2, 0) is 0 Å². The lowest BCUT2D eigenvalue weighted by Crippen LogP contribution is -1.93. The first-order valence-electron chi connectivity index (χ1n) is 5.94. The zero-order chi connectivity index (χ0) is 14.8. The van der Waals surface area contributed by atoms with Crippen molar-refractivity contribution < 1.29 is 9.26 Å². The van der Waals surface area contributed by atoms with Gasteiger partial charge in [0.1, 0.15) is 5.69 Å². The predicted octanol–water partition coefficient (Wildman–Crippen LogP) is 2.44. The molecule has 0 aliphatic carbocycles. The number of methoxy groups -OCH3 is 1. The van der Waals surface area contributed by atoms with Crippen molar-refractivity contribution in [3.05, 3.63) is 35.4 Å². The Bertz CT molecular complexity index is 772. The van der Waals surface area contributed by atoms with E-state index in [2.05, 4.69) is 20.3 Å². The molecule has 0 aliphatic heterocycles. The highest BCUT2D eigenvalue weighted by Crippen LogP contribution is 2.29. The second kappa shape index (κ2) is 5.37. The summed E-state index contributed by atoms with van der Waals surface area (Å²) in [7, 11) is 1.51. The number of nitrogens with zero attached hydrogens (tertiary/aromatic N) is 4. The van der Waals surface area contributed by atoms with Gasteiger partial charge in [-0.15, -0.1) is 10.2 Å². The number of anilines is 1. The Morgan fingerprint density at radius 3 is 2.71 bits per heavy atom. The van der Waals surface area contributed by atoms with E-state index >= 15 is 0 Å². The molecule has 3 rings (SSSR count). The van der Waals surface area contributed by atoms with Crippen LogP contribution in [-0.4, -0.2) is 27.4 Å². The number of rotatable bonds is 3. The molecule has 0 unspecified atom stereocenters. The number of hydrogen-bond acceptors (Lipinski definition) is 7. The first-order chi connectivity index (χ1) is 10.2. The molecule has 2 N–H and O–H groups in total. The van der Waals surface area contributed by atoms with Crippen molar-refractivity contribution in [3.63, 3.8) is 0 Å². The van der Waals surface area contributed by atoms with Crippen molar-refractivity contribution in [2.24, 2.45) is 0 Å². The lowest BCUT2D eigenvalue weighted by molar-refractivity contribution is 0.392. The van der Waals surface area contributed by atoms with Crippen LogP contribution in [0.25, 0.3) is 23.0 Å². The van der Waals surface area contributed by atoms with Crippen molar-refractivity contribution in [2.75, 3.05) is 12.8 Å². The van der Waals surface area contributed by atoms with Crippen LogP contribution in [0.1, 0.15) is 0 Å². The number of benzene rings is 1. The van der Waals surface area contributed by atoms with Gasteiger partial charge in [0.05, 0.1) is 17.7 Å². The Morgan fingerprint density at radius 2 is 2.05 bits per heavy atom. The van der Waals surface area contributed by atoms with Crippen LogP contribution in [0, 0.1) is 0 Å². The average molecular weight is 304 g/mol. The van der Waals surface area contributed by atoms with Gasteiger partial charge in [0.2, 0.25) is 11.7 Å². The Morgan fingerprint density at radius 1 is 1.19 bits per heavy atom. The molecule has 0 saturated carbocycles. The van der Waals surface area contributed by atoms with E-state index < -0.39 is 0 Å². The smallest absolute Gasteiger partial charge is 0.259 e. The van der Waals surface area contributed by atoms with Crippen LogP contribution >= 0.6 is 11.6 Å². The van der Waals surface area contributed by atoms with Gasteiger partial charge in [0.15, 0.2) is 0 Å². The highest BCUT2D eigenvalue weighted by atomic mass is 35.5. The average Bonchev–Trinajstić information content (AvgIpc) is 2.97. The lowest BCUT2D eigenvalue weighted by Gasteiger charge is -1.99. The molecular weight excluding hydrogens is 294 g/mol. The van der Waals surface area contributed by atoms with Crippen molar-refractivity contribution >= 4 is 17.3 Å². The summed E-state index contributed by atoms with van der Waals surface area (Å²) >= 11 is 6.11. The second-order valence-corrected chi connectivity index (χ2v) is 4.53. The molecule has 7 nitrogen and oxygen atoms in total. The fourth-order valence-corrected chi connectivity index (χ4v) is 1.96. The third-order valence-electron chi connectivity index (χ3n) is 2.73. The highest BCUT2D eigenvalue weighted by Gasteiger charge is 2.14. The molecule has 0 fully saturated rings. The Balaban J connectivity index is 1.95. The van der Waals surface area contributed by atoms with Crippen molar-refractivity contribution in [2.45, 2.75) is 0 Å². The number of halogens is 1. The maximum atomic E-state index is 6.11. The van der Waals surface area contributed by atoms with E-state index in [4.69, 9.17) is 26.6 Å². The second-order valence-electron chi connectivity index (χ2n) is 4.12. The van der Waals surface area contributed by atoms with Crippen LogP contribution in [0.15, 0.2) is 34.9 Å². The third kappa shape index (κ3) is 2.63. The first kappa shape index (κ1) is 13.3. The minimum Gasteiger partial charge on any atom is -0.480 e. The summed E-state index contributed by atoms with van der Waals surface area (Å²) in [6.07, 6.45) is 0. The highest BCUT2D eigenvalue weighted by molar-refractivity contribution is 6.33. The van der Waals surface area contributed by atoms with Gasteiger partial charge in [-0.25, -0.2) is 0 Å². The monoisotopic (exact) mass is 303 g/mol. The van der Waals surface area contributed by atoms with Crippen LogP contribution in [0.2, 0.25) is 5.02 Å². The van der Waals surface area contributed by atoms with E-state index in [1.54, 1.807) is 30.3 Å². The van der Waals surface area contributed by atoms with Gasteiger partial charge in [-0.2, -0.15) is 4.98 Å². The van der Waals surface area contributed by atoms with Crippen LogP contribution < -0.4 is 10.5 Å². The number of hydrogen-bond donors (Lipinski definition) is 1. The Kier molecular flexibility index (Phi) is 3.41. The molecule has 0 atom stereocenters. The topological polar surface area (TPSA) is 100.0 Å².